The molecule has 0 spiro atoms. The van der Waals surface area contributed by atoms with Gasteiger partial charge in [0.1, 0.15) is 5.75 Å². The molecule has 4 heteroatoms. The van der Waals surface area contributed by atoms with Gasteiger partial charge in [0, 0.05) is 18.6 Å². The Kier molecular flexibility index (Phi) is 4.88. The van der Waals surface area contributed by atoms with Gasteiger partial charge >= 0.3 is 6.03 Å². The summed E-state index contributed by atoms with van der Waals surface area (Å²) in [5.41, 5.74) is 1.11. The predicted molar refractivity (Wildman–Crippen MR) is 79.8 cm³/mol. The van der Waals surface area contributed by atoms with E-state index in [1.807, 2.05) is 24.0 Å². The van der Waals surface area contributed by atoms with E-state index in [-0.39, 0.29) is 17.8 Å². The van der Waals surface area contributed by atoms with Crippen LogP contribution in [0.1, 0.15) is 38.7 Å². The van der Waals surface area contributed by atoms with Crippen LogP contribution in [0.4, 0.5) is 4.79 Å². The van der Waals surface area contributed by atoms with Crippen LogP contribution in [-0.2, 0) is 6.42 Å². The van der Waals surface area contributed by atoms with E-state index in [9.17, 15) is 9.90 Å². The molecule has 2 N–H and O–H groups in total. The van der Waals surface area contributed by atoms with Crippen molar-refractivity contribution in [1.82, 2.24) is 10.2 Å². The highest BCUT2D eigenvalue weighted by atomic mass is 16.3. The second-order valence-corrected chi connectivity index (χ2v) is 5.76. The van der Waals surface area contributed by atoms with E-state index < -0.39 is 0 Å². The van der Waals surface area contributed by atoms with Crippen LogP contribution in [0.25, 0.3) is 0 Å². The van der Waals surface area contributed by atoms with Crippen molar-refractivity contribution in [1.29, 1.82) is 0 Å². The van der Waals surface area contributed by atoms with Crippen molar-refractivity contribution < 1.29 is 9.90 Å². The highest BCUT2D eigenvalue weighted by Crippen LogP contribution is 2.17. The van der Waals surface area contributed by atoms with Gasteiger partial charge in [-0.3, -0.25) is 0 Å². The minimum absolute atomic E-state index is 0.0449. The first-order valence-corrected chi connectivity index (χ1v) is 7.41. The fraction of sp³-hybridized carbons (Fsp3) is 0.562. The van der Waals surface area contributed by atoms with Gasteiger partial charge in [-0.25, -0.2) is 4.79 Å². The second kappa shape index (κ2) is 6.64. The third-order valence-electron chi connectivity index (χ3n) is 3.91. The zero-order valence-corrected chi connectivity index (χ0v) is 12.3. The summed E-state index contributed by atoms with van der Waals surface area (Å²) >= 11 is 0. The fourth-order valence-corrected chi connectivity index (χ4v) is 2.73. The van der Waals surface area contributed by atoms with Crippen LogP contribution in [0.3, 0.4) is 0 Å². The molecule has 1 heterocycles. The van der Waals surface area contributed by atoms with Crippen molar-refractivity contribution in [2.45, 2.75) is 51.6 Å². The van der Waals surface area contributed by atoms with E-state index in [4.69, 9.17) is 0 Å². The van der Waals surface area contributed by atoms with E-state index in [1.165, 1.54) is 6.42 Å². The van der Waals surface area contributed by atoms with Gasteiger partial charge in [-0.05, 0) is 57.2 Å². The SMILES string of the molecule is CC(Cc1ccc(O)cc1)NC(=O)N1CCCCC1C. The summed E-state index contributed by atoms with van der Waals surface area (Å²) in [5.74, 6) is 0.271. The molecule has 2 amide bonds. The summed E-state index contributed by atoms with van der Waals surface area (Å²) in [6.07, 6.45) is 4.19. The summed E-state index contributed by atoms with van der Waals surface area (Å²) < 4.78 is 0. The summed E-state index contributed by atoms with van der Waals surface area (Å²) in [6, 6.07) is 7.60. The lowest BCUT2D eigenvalue weighted by molar-refractivity contribution is 0.155. The molecule has 0 saturated carbocycles. The average Bonchev–Trinajstić information content (AvgIpc) is 2.41. The van der Waals surface area contributed by atoms with Crippen molar-refractivity contribution in [2.75, 3.05) is 6.54 Å². The van der Waals surface area contributed by atoms with E-state index in [0.717, 1.165) is 31.4 Å². The standard InChI is InChI=1S/C16H24N2O2/c1-12(11-14-6-8-15(19)9-7-14)17-16(20)18-10-4-3-5-13(18)2/h6-9,12-13,19H,3-5,10-11H2,1-2H3,(H,17,20). The summed E-state index contributed by atoms with van der Waals surface area (Å²) in [7, 11) is 0. The monoisotopic (exact) mass is 276 g/mol. The third kappa shape index (κ3) is 3.89. The van der Waals surface area contributed by atoms with Crippen molar-refractivity contribution in [3.63, 3.8) is 0 Å². The lowest BCUT2D eigenvalue weighted by Crippen LogP contribution is -2.50. The Balaban J connectivity index is 1.85. The van der Waals surface area contributed by atoms with Gasteiger partial charge in [0.15, 0.2) is 0 Å². The first-order chi connectivity index (χ1) is 9.56. The van der Waals surface area contributed by atoms with Crippen molar-refractivity contribution in [2.24, 2.45) is 0 Å². The molecule has 0 radical (unpaired) electrons. The number of hydrogen-bond donors (Lipinski definition) is 2. The molecule has 1 aromatic rings. The number of piperidine rings is 1. The van der Waals surface area contributed by atoms with Crippen molar-refractivity contribution in [3.05, 3.63) is 29.8 Å². The number of aromatic hydroxyl groups is 1. The molecule has 1 aromatic carbocycles. The zero-order chi connectivity index (χ0) is 14.5. The zero-order valence-electron chi connectivity index (χ0n) is 12.3. The molecule has 20 heavy (non-hydrogen) atoms. The topological polar surface area (TPSA) is 52.6 Å². The van der Waals surface area contributed by atoms with Gasteiger partial charge in [-0.1, -0.05) is 12.1 Å². The number of phenolic OH excluding ortho intramolecular Hbond substituents is 1. The van der Waals surface area contributed by atoms with E-state index in [0.29, 0.717) is 6.04 Å². The molecular weight excluding hydrogens is 252 g/mol. The molecule has 0 bridgehead atoms. The van der Waals surface area contributed by atoms with E-state index in [1.54, 1.807) is 12.1 Å². The lowest BCUT2D eigenvalue weighted by Gasteiger charge is -2.34. The van der Waals surface area contributed by atoms with Crippen LogP contribution in [0.2, 0.25) is 0 Å². The highest BCUT2D eigenvalue weighted by molar-refractivity contribution is 5.75. The highest BCUT2D eigenvalue weighted by Gasteiger charge is 2.23. The van der Waals surface area contributed by atoms with Crippen molar-refractivity contribution >= 4 is 6.03 Å². The Morgan fingerprint density at radius 2 is 2.10 bits per heavy atom. The Labute approximate surface area is 120 Å². The number of amides is 2. The summed E-state index contributed by atoms with van der Waals surface area (Å²) in [6.45, 7) is 4.99. The van der Waals surface area contributed by atoms with Gasteiger partial charge in [0.05, 0.1) is 0 Å². The number of likely N-dealkylation sites (tertiary alicyclic amines) is 1. The summed E-state index contributed by atoms with van der Waals surface area (Å²) in [5, 5.41) is 12.3. The third-order valence-corrected chi connectivity index (χ3v) is 3.91. The summed E-state index contributed by atoms with van der Waals surface area (Å²) in [4.78, 5) is 14.2. The van der Waals surface area contributed by atoms with Crippen molar-refractivity contribution in [3.8, 4) is 5.75 Å². The van der Waals surface area contributed by atoms with Crippen LogP contribution >= 0.6 is 0 Å². The van der Waals surface area contributed by atoms with E-state index in [2.05, 4.69) is 12.2 Å². The van der Waals surface area contributed by atoms with Crippen LogP contribution in [-0.4, -0.2) is 34.7 Å². The van der Waals surface area contributed by atoms with Gasteiger partial charge in [0.25, 0.3) is 0 Å². The Bertz CT molecular complexity index is 444. The number of rotatable bonds is 3. The molecule has 1 aliphatic rings. The molecule has 2 rings (SSSR count). The van der Waals surface area contributed by atoms with Gasteiger partial charge in [0.2, 0.25) is 0 Å². The number of nitrogens with zero attached hydrogens (tertiary/aromatic N) is 1. The predicted octanol–water partition coefficient (Wildman–Crippen LogP) is 2.91. The lowest BCUT2D eigenvalue weighted by atomic mass is 10.0. The number of carbonyl (C=O) groups excluding carboxylic acids is 1. The Morgan fingerprint density at radius 1 is 1.40 bits per heavy atom. The minimum Gasteiger partial charge on any atom is -0.508 e. The Hall–Kier alpha value is -1.71. The maximum atomic E-state index is 12.2. The van der Waals surface area contributed by atoms with Crippen LogP contribution in [0.5, 0.6) is 5.75 Å². The Morgan fingerprint density at radius 3 is 2.75 bits per heavy atom. The number of benzene rings is 1. The second-order valence-electron chi connectivity index (χ2n) is 5.76. The number of nitrogens with one attached hydrogen (secondary N) is 1. The van der Waals surface area contributed by atoms with E-state index >= 15 is 0 Å². The quantitative estimate of drug-likeness (QED) is 0.892. The van der Waals surface area contributed by atoms with Crippen LogP contribution in [0, 0.1) is 0 Å². The molecular formula is C16H24N2O2. The van der Waals surface area contributed by atoms with Gasteiger partial charge < -0.3 is 15.3 Å². The number of phenols is 1. The van der Waals surface area contributed by atoms with Crippen LogP contribution in [0.15, 0.2) is 24.3 Å². The maximum absolute atomic E-state index is 12.2. The first kappa shape index (κ1) is 14.7. The first-order valence-electron chi connectivity index (χ1n) is 7.41. The minimum atomic E-state index is 0.0449. The molecule has 110 valence electrons. The maximum Gasteiger partial charge on any atom is 0.317 e. The smallest absolute Gasteiger partial charge is 0.317 e. The average molecular weight is 276 g/mol. The molecule has 2 atom stereocenters. The molecule has 0 aromatic heterocycles. The van der Waals surface area contributed by atoms with Gasteiger partial charge in [-0.15, -0.1) is 0 Å². The number of hydrogen-bond acceptors (Lipinski definition) is 2. The normalized spacial score (nSPS) is 20.5. The molecule has 1 fully saturated rings. The molecule has 1 aliphatic heterocycles. The largest absolute Gasteiger partial charge is 0.508 e. The van der Waals surface area contributed by atoms with Crippen LogP contribution < -0.4 is 5.32 Å². The molecule has 4 nitrogen and oxygen atoms in total. The van der Waals surface area contributed by atoms with Gasteiger partial charge in [-0.2, -0.15) is 0 Å². The molecule has 2 unspecified atom stereocenters. The molecule has 1 saturated heterocycles. The number of urea groups is 1. The number of carbonyl (C=O) groups is 1. The fourth-order valence-electron chi connectivity index (χ4n) is 2.73. The molecule has 0 aliphatic carbocycles.